The van der Waals surface area contributed by atoms with E-state index < -0.39 is 10.0 Å². The molecule has 0 radical (unpaired) electrons. The summed E-state index contributed by atoms with van der Waals surface area (Å²) in [5.74, 6) is 0.763. The number of rotatable bonds is 4. The topological polar surface area (TPSA) is 85.1 Å². The molecule has 0 bridgehead atoms. The van der Waals surface area contributed by atoms with Gasteiger partial charge in [-0.15, -0.1) is 11.3 Å². The Kier molecular flexibility index (Phi) is 3.90. The van der Waals surface area contributed by atoms with Crippen molar-refractivity contribution < 1.29 is 12.9 Å². The third-order valence-electron chi connectivity index (χ3n) is 2.68. The highest BCUT2D eigenvalue weighted by Gasteiger charge is 2.14. The van der Waals surface area contributed by atoms with Crippen LogP contribution in [0.15, 0.2) is 40.2 Å². The van der Waals surface area contributed by atoms with Gasteiger partial charge in [0.2, 0.25) is 15.8 Å². The fourth-order valence-corrected chi connectivity index (χ4v) is 3.40. The Hall–Kier alpha value is -1.90. The maximum Gasteiger partial charge on any atom is 0.269 e. The van der Waals surface area contributed by atoms with Crippen molar-refractivity contribution in [3.05, 3.63) is 40.7 Å². The van der Waals surface area contributed by atoms with Crippen molar-refractivity contribution in [1.82, 2.24) is 10.1 Å². The quantitative estimate of drug-likeness (QED) is 0.774. The van der Waals surface area contributed by atoms with Crippen LogP contribution in [0.25, 0.3) is 22.2 Å². The van der Waals surface area contributed by atoms with E-state index in [0.29, 0.717) is 28.0 Å². The van der Waals surface area contributed by atoms with Gasteiger partial charge < -0.3 is 4.52 Å². The highest BCUT2D eigenvalue weighted by Crippen LogP contribution is 2.33. The zero-order chi connectivity index (χ0) is 15.7. The van der Waals surface area contributed by atoms with Crippen molar-refractivity contribution >= 4 is 38.6 Å². The molecule has 3 rings (SSSR count). The van der Waals surface area contributed by atoms with Crippen molar-refractivity contribution in [3.63, 3.8) is 0 Å². The van der Waals surface area contributed by atoms with Gasteiger partial charge in [-0.25, -0.2) is 8.42 Å². The minimum atomic E-state index is -3.30. The number of halogens is 1. The molecule has 3 aromatic rings. The Morgan fingerprint density at radius 1 is 1.23 bits per heavy atom. The molecule has 9 heteroatoms. The fraction of sp³-hybridized carbons (Fsp3) is 0.0769. The molecule has 0 aliphatic carbocycles. The van der Waals surface area contributed by atoms with Crippen molar-refractivity contribution in [2.45, 2.75) is 0 Å². The average Bonchev–Trinajstić information content (AvgIpc) is 3.06. The lowest BCUT2D eigenvalue weighted by atomic mass is 10.2. The molecule has 114 valence electrons. The minimum absolute atomic E-state index is 0.355. The summed E-state index contributed by atoms with van der Waals surface area (Å²) in [5, 5.41) is 6.31. The molecule has 0 amide bonds. The number of nitrogens with one attached hydrogen (secondary N) is 1. The maximum absolute atomic E-state index is 11.2. The first kappa shape index (κ1) is 15.0. The number of benzene rings is 1. The summed E-state index contributed by atoms with van der Waals surface area (Å²) in [6, 6.07) is 8.43. The molecule has 0 aliphatic rings. The highest BCUT2D eigenvalue weighted by atomic mass is 35.5. The van der Waals surface area contributed by atoms with Crippen molar-refractivity contribution in [2.24, 2.45) is 0 Å². The number of hydrogen-bond acceptors (Lipinski definition) is 6. The van der Waals surface area contributed by atoms with Gasteiger partial charge in [-0.3, -0.25) is 4.72 Å². The van der Waals surface area contributed by atoms with E-state index in [-0.39, 0.29) is 0 Å². The third kappa shape index (κ3) is 3.29. The number of anilines is 1. The number of thiophene rings is 1. The van der Waals surface area contributed by atoms with E-state index in [4.69, 9.17) is 16.1 Å². The molecule has 22 heavy (non-hydrogen) atoms. The Bertz CT molecular complexity index is 901. The van der Waals surface area contributed by atoms with Crippen LogP contribution in [0, 0.1) is 0 Å². The monoisotopic (exact) mass is 355 g/mol. The number of hydrogen-bond donors (Lipinski definition) is 1. The van der Waals surface area contributed by atoms with Crippen LogP contribution in [-0.2, 0) is 10.0 Å². The van der Waals surface area contributed by atoms with Crippen LogP contribution in [0.3, 0.4) is 0 Å². The fourth-order valence-electron chi connectivity index (χ4n) is 1.78. The summed E-state index contributed by atoms with van der Waals surface area (Å²) in [6.07, 6.45) is 1.09. The summed E-state index contributed by atoms with van der Waals surface area (Å²) in [7, 11) is -3.30. The zero-order valence-electron chi connectivity index (χ0n) is 11.3. The molecule has 0 aliphatic heterocycles. The maximum atomic E-state index is 11.2. The summed E-state index contributed by atoms with van der Waals surface area (Å²) in [4.78, 5) is 5.02. The number of sulfonamides is 1. The molecular formula is C13H10ClN3O3S2. The molecule has 0 saturated carbocycles. The van der Waals surface area contributed by atoms with Crippen LogP contribution in [0.2, 0.25) is 5.02 Å². The largest absolute Gasteiger partial charge is 0.333 e. The molecule has 2 aromatic heterocycles. The van der Waals surface area contributed by atoms with Gasteiger partial charge in [0.15, 0.2) is 0 Å². The molecular weight excluding hydrogens is 346 g/mol. The Morgan fingerprint density at radius 2 is 1.95 bits per heavy atom. The van der Waals surface area contributed by atoms with Crippen molar-refractivity contribution in [1.29, 1.82) is 0 Å². The number of aromatic nitrogens is 2. The van der Waals surface area contributed by atoms with Crippen LogP contribution in [-0.4, -0.2) is 24.8 Å². The van der Waals surface area contributed by atoms with Crippen LogP contribution in [0.5, 0.6) is 0 Å². The molecule has 0 saturated heterocycles. The summed E-state index contributed by atoms with van der Waals surface area (Å²) < 4.78 is 29.9. The second kappa shape index (κ2) is 5.71. The minimum Gasteiger partial charge on any atom is -0.333 e. The van der Waals surface area contributed by atoms with Gasteiger partial charge in [-0.2, -0.15) is 4.98 Å². The van der Waals surface area contributed by atoms with E-state index in [2.05, 4.69) is 14.9 Å². The third-order valence-corrected chi connectivity index (χ3v) is 4.62. The first-order valence-electron chi connectivity index (χ1n) is 6.08. The predicted octanol–water partition coefficient (Wildman–Crippen LogP) is 3.49. The lowest BCUT2D eigenvalue weighted by Gasteiger charge is -2.03. The van der Waals surface area contributed by atoms with Gasteiger partial charge in [0.25, 0.3) is 5.89 Å². The van der Waals surface area contributed by atoms with E-state index in [9.17, 15) is 8.42 Å². The SMILES string of the molecule is CS(=O)(=O)Nc1ccc(-c2noc(-c3sccc3Cl)n2)cc1. The molecule has 1 aromatic carbocycles. The van der Waals surface area contributed by atoms with E-state index in [0.717, 1.165) is 11.1 Å². The van der Waals surface area contributed by atoms with Gasteiger partial charge in [0.1, 0.15) is 4.88 Å². The molecule has 6 nitrogen and oxygen atoms in total. The standard InChI is InChI=1S/C13H10ClN3O3S2/c1-22(18,19)17-9-4-2-8(3-5-9)12-15-13(20-16-12)11-10(14)6-7-21-11/h2-7,17H,1H3. The molecule has 2 heterocycles. The van der Waals surface area contributed by atoms with Crippen LogP contribution < -0.4 is 4.72 Å². The molecule has 0 atom stereocenters. The van der Waals surface area contributed by atoms with E-state index >= 15 is 0 Å². The smallest absolute Gasteiger partial charge is 0.269 e. The second-order valence-corrected chi connectivity index (χ2v) is 7.54. The first-order valence-corrected chi connectivity index (χ1v) is 9.22. The summed E-state index contributed by atoms with van der Waals surface area (Å²) in [5.41, 5.74) is 1.18. The van der Waals surface area contributed by atoms with E-state index in [1.54, 1.807) is 30.3 Å². The highest BCUT2D eigenvalue weighted by molar-refractivity contribution is 7.92. The van der Waals surface area contributed by atoms with Gasteiger partial charge in [0.05, 0.1) is 11.3 Å². The normalized spacial score (nSPS) is 11.5. The molecule has 1 N–H and O–H groups in total. The van der Waals surface area contributed by atoms with E-state index in [1.165, 1.54) is 11.3 Å². The predicted molar refractivity (Wildman–Crippen MR) is 86.5 cm³/mol. The van der Waals surface area contributed by atoms with Gasteiger partial charge >= 0.3 is 0 Å². The van der Waals surface area contributed by atoms with Gasteiger partial charge in [-0.1, -0.05) is 16.8 Å². The molecule has 0 unspecified atom stereocenters. The summed E-state index contributed by atoms with van der Waals surface area (Å²) in [6.45, 7) is 0. The van der Waals surface area contributed by atoms with Crippen LogP contribution >= 0.6 is 22.9 Å². The number of nitrogens with zero attached hydrogens (tertiary/aromatic N) is 2. The Labute approximate surface area is 135 Å². The average molecular weight is 356 g/mol. The van der Waals surface area contributed by atoms with E-state index in [1.807, 2.05) is 5.38 Å². The van der Waals surface area contributed by atoms with Gasteiger partial charge in [-0.05, 0) is 35.7 Å². The summed E-state index contributed by atoms with van der Waals surface area (Å²) >= 11 is 7.44. The van der Waals surface area contributed by atoms with Crippen LogP contribution in [0.4, 0.5) is 5.69 Å². The second-order valence-electron chi connectivity index (χ2n) is 4.47. The van der Waals surface area contributed by atoms with Gasteiger partial charge in [0, 0.05) is 11.3 Å². The zero-order valence-corrected chi connectivity index (χ0v) is 13.7. The van der Waals surface area contributed by atoms with Crippen molar-refractivity contribution in [3.8, 4) is 22.2 Å². The first-order chi connectivity index (χ1) is 10.4. The lowest BCUT2D eigenvalue weighted by molar-refractivity contribution is 0.433. The Morgan fingerprint density at radius 3 is 2.55 bits per heavy atom. The molecule has 0 fully saturated rings. The Balaban J connectivity index is 1.86. The lowest BCUT2D eigenvalue weighted by Crippen LogP contribution is -2.09. The van der Waals surface area contributed by atoms with Crippen molar-refractivity contribution in [2.75, 3.05) is 11.0 Å². The van der Waals surface area contributed by atoms with Crippen LogP contribution in [0.1, 0.15) is 0 Å². The molecule has 0 spiro atoms.